The van der Waals surface area contributed by atoms with Gasteiger partial charge >= 0.3 is 11.6 Å². The predicted octanol–water partition coefficient (Wildman–Crippen LogP) is 5.43. The minimum absolute atomic E-state index is 0.00738. The number of esters is 1. The summed E-state index contributed by atoms with van der Waals surface area (Å²) in [4.78, 5) is 24.8. The van der Waals surface area contributed by atoms with Gasteiger partial charge in [0.2, 0.25) is 0 Å². The van der Waals surface area contributed by atoms with E-state index in [-0.39, 0.29) is 6.61 Å². The van der Waals surface area contributed by atoms with Gasteiger partial charge in [-0.1, -0.05) is 60.7 Å². The van der Waals surface area contributed by atoms with Gasteiger partial charge in [-0.05, 0) is 42.2 Å². The Morgan fingerprint density at radius 1 is 0.931 bits per heavy atom. The van der Waals surface area contributed by atoms with E-state index in [9.17, 15) is 9.59 Å². The third kappa shape index (κ3) is 3.69. The molecule has 4 nitrogen and oxygen atoms in total. The molecule has 0 amide bonds. The normalized spacial score (nSPS) is 10.8. The molecule has 0 atom stereocenters. The van der Waals surface area contributed by atoms with E-state index in [1.807, 2.05) is 74.5 Å². The molecule has 0 aliphatic heterocycles. The smallest absolute Gasteiger partial charge is 0.339 e. The topological polar surface area (TPSA) is 56.5 Å². The molecular weight excluding hydrogens is 364 g/mol. The number of fused-ring (bicyclic) bond motifs is 1. The van der Waals surface area contributed by atoms with Crippen molar-refractivity contribution < 1.29 is 13.9 Å². The van der Waals surface area contributed by atoms with Gasteiger partial charge in [0.25, 0.3) is 0 Å². The first-order valence-electron chi connectivity index (χ1n) is 9.39. The predicted molar refractivity (Wildman–Crippen MR) is 113 cm³/mol. The zero-order valence-electron chi connectivity index (χ0n) is 16.3. The minimum atomic E-state index is -0.457. The molecule has 4 aromatic rings. The SMILES string of the molecule is Cc1ccc2c(COC(=O)c3ccccc3-c3ccccc3)cc(=O)oc2c1C. The van der Waals surface area contributed by atoms with E-state index in [2.05, 4.69) is 0 Å². The lowest BCUT2D eigenvalue weighted by atomic mass is 10.00. The second kappa shape index (κ2) is 7.76. The average molecular weight is 384 g/mol. The minimum Gasteiger partial charge on any atom is -0.457 e. The highest BCUT2D eigenvalue weighted by atomic mass is 16.5. The largest absolute Gasteiger partial charge is 0.457 e. The molecule has 0 unspecified atom stereocenters. The van der Waals surface area contributed by atoms with Gasteiger partial charge in [0.05, 0.1) is 5.56 Å². The molecular formula is C25H20O4. The van der Waals surface area contributed by atoms with Gasteiger partial charge < -0.3 is 9.15 Å². The number of hydrogen-bond acceptors (Lipinski definition) is 4. The van der Waals surface area contributed by atoms with Crippen LogP contribution in [0.1, 0.15) is 27.0 Å². The van der Waals surface area contributed by atoms with Gasteiger partial charge in [-0.25, -0.2) is 9.59 Å². The summed E-state index contributed by atoms with van der Waals surface area (Å²) in [6.07, 6.45) is 0. The van der Waals surface area contributed by atoms with Gasteiger partial charge in [-0.2, -0.15) is 0 Å². The quantitative estimate of drug-likeness (QED) is 0.348. The van der Waals surface area contributed by atoms with Crippen molar-refractivity contribution in [3.63, 3.8) is 0 Å². The second-order valence-corrected chi connectivity index (χ2v) is 6.96. The summed E-state index contributed by atoms with van der Waals surface area (Å²) in [6.45, 7) is 3.86. The van der Waals surface area contributed by atoms with E-state index in [0.29, 0.717) is 16.7 Å². The molecule has 29 heavy (non-hydrogen) atoms. The van der Waals surface area contributed by atoms with E-state index < -0.39 is 11.6 Å². The maximum Gasteiger partial charge on any atom is 0.339 e. The van der Waals surface area contributed by atoms with Crippen LogP contribution >= 0.6 is 0 Å². The lowest BCUT2D eigenvalue weighted by Crippen LogP contribution is -2.09. The summed E-state index contributed by atoms with van der Waals surface area (Å²) in [6, 6.07) is 22.3. The maximum absolute atomic E-state index is 12.8. The number of aryl methyl sites for hydroxylation is 2. The Bertz CT molecular complexity index is 1250. The van der Waals surface area contributed by atoms with Gasteiger partial charge in [0.1, 0.15) is 12.2 Å². The number of carbonyl (C=O) groups is 1. The van der Waals surface area contributed by atoms with Crippen molar-refractivity contribution in [2.75, 3.05) is 0 Å². The average Bonchev–Trinajstić information content (AvgIpc) is 2.75. The van der Waals surface area contributed by atoms with E-state index in [1.54, 1.807) is 6.07 Å². The summed E-state index contributed by atoms with van der Waals surface area (Å²) >= 11 is 0. The highest BCUT2D eigenvalue weighted by Gasteiger charge is 2.16. The van der Waals surface area contributed by atoms with Crippen LogP contribution in [0.15, 0.2) is 82.0 Å². The molecule has 0 spiro atoms. The van der Waals surface area contributed by atoms with E-state index in [4.69, 9.17) is 9.15 Å². The fourth-order valence-corrected chi connectivity index (χ4v) is 3.40. The zero-order chi connectivity index (χ0) is 20.4. The van der Waals surface area contributed by atoms with Crippen LogP contribution in [-0.2, 0) is 11.3 Å². The summed E-state index contributed by atoms with van der Waals surface area (Å²) in [5, 5.41) is 0.775. The highest BCUT2D eigenvalue weighted by molar-refractivity contribution is 5.97. The molecule has 0 bridgehead atoms. The van der Waals surface area contributed by atoms with Crippen molar-refractivity contribution in [2.45, 2.75) is 20.5 Å². The lowest BCUT2D eigenvalue weighted by molar-refractivity contribution is 0.0475. The summed E-state index contributed by atoms with van der Waals surface area (Å²) in [5.41, 5.74) is 4.88. The molecule has 1 heterocycles. The first-order valence-corrected chi connectivity index (χ1v) is 9.39. The van der Waals surface area contributed by atoms with Crippen LogP contribution in [0.4, 0.5) is 0 Å². The van der Waals surface area contributed by atoms with Crippen molar-refractivity contribution in [3.05, 3.63) is 105 Å². The number of carbonyl (C=O) groups excluding carboxylic acids is 1. The molecule has 0 fully saturated rings. The van der Waals surface area contributed by atoms with Gasteiger partial charge in [0.15, 0.2) is 0 Å². The highest BCUT2D eigenvalue weighted by Crippen LogP contribution is 2.26. The molecule has 4 heteroatoms. The van der Waals surface area contributed by atoms with Gasteiger partial charge in [-0.15, -0.1) is 0 Å². The molecule has 0 aliphatic rings. The van der Waals surface area contributed by atoms with E-state index in [1.165, 1.54) is 6.07 Å². The van der Waals surface area contributed by atoms with Crippen LogP contribution in [0, 0.1) is 13.8 Å². The fraction of sp³-hybridized carbons (Fsp3) is 0.120. The molecule has 0 aliphatic carbocycles. The van der Waals surface area contributed by atoms with Crippen molar-refractivity contribution in [1.82, 2.24) is 0 Å². The standard InChI is InChI=1S/C25H20O4/c1-16-12-13-21-19(14-23(26)29-24(21)17(16)2)15-28-25(27)22-11-7-6-10-20(22)18-8-4-3-5-9-18/h3-14H,15H2,1-2H3. The summed E-state index contributed by atoms with van der Waals surface area (Å²) in [7, 11) is 0. The molecule has 4 rings (SSSR count). The van der Waals surface area contributed by atoms with Crippen molar-refractivity contribution in [3.8, 4) is 11.1 Å². The van der Waals surface area contributed by atoms with Crippen LogP contribution in [0.5, 0.6) is 0 Å². The molecule has 0 N–H and O–H groups in total. The Kier molecular flexibility index (Phi) is 5.00. The van der Waals surface area contributed by atoms with Crippen molar-refractivity contribution >= 4 is 16.9 Å². The van der Waals surface area contributed by atoms with Gasteiger partial charge in [-0.3, -0.25) is 0 Å². The Labute approximate surface area is 168 Å². The summed E-state index contributed by atoms with van der Waals surface area (Å²) < 4.78 is 11.0. The van der Waals surface area contributed by atoms with Crippen LogP contribution < -0.4 is 5.63 Å². The summed E-state index contributed by atoms with van der Waals surface area (Å²) in [5.74, 6) is -0.435. The van der Waals surface area contributed by atoms with Crippen molar-refractivity contribution in [1.29, 1.82) is 0 Å². The molecule has 0 saturated carbocycles. The van der Waals surface area contributed by atoms with E-state index in [0.717, 1.165) is 27.6 Å². The fourth-order valence-electron chi connectivity index (χ4n) is 3.40. The van der Waals surface area contributed by atoms with Crippen LogP contribution in [0.2, 0.25) is 0 Å². The van der Waals surface area contributed by atoms with Gasteiger partial charge in [0, 0.05) is 17.0 Å². The number of hydrogen-bond donors (Lipinski definition) is 0. The van der Waals surface area contributed by atoms with Crippen molar-refractivity contribution in [2.24, 2.45) is 0 Å². The monoisotopic (exact) mass is 384 g/mol. The molecule has 0 saturated heterocycles. The third-order valence-electron chi connectivity index (χ3n) is 5.11. The molecule has 144 valence electrons. The Morgan fingerprint density at radius 3 is 2.45 bits per heavy atom. The second-order valence-electron chi connectivity index (χ2n) is 6.96. The Balaban J connectivity index is 1.65. The lowest BCUT2D eigenvalue weighted by Gasteiger charge is -2.12. The van der Waals surface area contributed by atoms with E-state index >= 15 is 0 Å². The van der Waals surface area contributed by atoms with Crippen LogP contribution in [0.3, 0.4) is 0 Å². The molecule has 0 radical (unpaired) electrons. The maximum atomic E-state index is 12.8. The third-order valence-corrected chi connectivity index (χ3v) is 5.11. The first-order chi connectivity index (χ1) is 14.0. The zero-order valence-corrected chi connectivity index (χ0v) is 16.3. The number of rotatable bonds is 4. The number of ether oxygens (including phenoxy) is 1. The molecule has 1 aromatic heterocycles. The van der Waals surface area contributed by atoms with Crippen LogP contribution in [-0.4, -0.2) is 5.97 Å². The Hall–Kier alpha value is -3.66. The first kappa shape index (κ1) is 18.7. The Morgan fingerprint density at radius 2 is 1.66 bits per heavy atom. The van der Waals surface area contributed by atoms with Crippen LogP contribution in [0.25, 0.3) is 22.1 Å². The molecule has 3 aromatic carbocycles. The number of benzene rings is 3.